The molecule has 0 spiro atoms. The fraction of sp³-hybridized carbons (Fsp3) is 0.500. The van der Waals surface area contributed by atoms with Gasteiger partial charge in [0, 0.05) is 18.2 Å². The number of hydrogen-bond donors (Lipinski definition) is 2. The van der Waals surface area contributed by atoms with Crippen LogP contribution < -0.4 is 20.1 Å². The standard InChI is InChI=1S/C16H20N2O6S/c19-15(4-1-11-5-6-25(21,22)9-11)17-8-16(20)18-12-2-3-13-14(7-12)24-10-23-13/h2-3,7,11H,1,4-6,8-10H2,(H,17,19)(H,18,20). The summed E-state index contributed by atoms with van der Waals surface area (Å²) in [6.07, 6.45) is 1.35. The van der Waals surface area contributed by atoms with Crippen LogP contribution in [0, 0.1) is 5.92 Å². The first-order valence-electron chi connectivity index (χ1n) is 8.08. The van der Waals surface area contributed by atoms with E-state index >= 15 is 0 Å². The molecule has 0 radical (unpaired) electrons. The molecular weight excluding hydrogens is 348 g/mol. The molecule has 25 heavy (non-hydrogen) atoms. The van der Waals surface area contributed by atoms with Crippen molar-refractivity contribution in [3.63, 3.8) is 0 Å². The Balaban J connectivity index is 1.38. The van der Waals surface area contributed by atoms with Gasteiger partial charge < -0.3 is 20.1 Å². The van der Waals surface area contributed by atoms with Crippen LogP contribution in [-0.2, 0) is 19.4 Å². The van der Waals surface area contributed by atoms with Gasteiger partial charge in [-0.2, -0.15) is 0 Å². The normalized spacial score (nSPS) is 20.2. The monoisotopic (exact) mass is 368 g/mol. The number of sulfone groups is 1. The van der Waals surface area contributed by atoms with Crippen molar-refractivity contribution in [1.29, 1.82) is 0 Å². The van der Waals surface area contributed by atoms with Crippen LogP contribution in [0.25, 0.3) is 0 Å². The molecule has 8 nitrogen and oxygen atoms in total. The van der Waals surface area contributed by atoms with Crippen LogP contribution in [0.4, 0.5) is 5.69 Å². The molecule has 2 N–H and O–H groups in total. The van der Waals surface area contributed by atoms with Gasteiger partial charge >= 0.3 is 0 Å². The predicted octanol–water partition coefficient (Wildman–Crippen LogP) is 0.685. The molecule has 0 aromatic heterocycles. The zero-order chi connectivity index (χ0) is 17.9. The number of anilines is 1. The molecule has 1 fully saturated rings. The number of carbonyl (C=O) groups is 2. The van der Waals surface area contributed by atoms with Crippen LogP contribution in [0.5, 0.6) is 11.5 Å². The number of nitrogens with one attached hydrogen (secondary N) is 2. The SMILES string of the molecule is O=C(CCC1CCS(=O)(=O)C1)NCC(=O)Nc1ccc2c(c1)OCO2. The van der Waals surface area contributed by atoms with E-state index in [4.69, 9.17) is 9.47 Å². The summed E-state index contributed by atoms with van der Waals surface area (Å²) in [4.78, 5) is 23.7. The molecular formula is C16H20N2O6S. The maximum Gasteiger partial charge on any atom is 0.243 e. The smallest absolute Gasteiger partial charge is 0.243 e. The van der Waals surface area contributed by atoms with Crippen LogP contribution in [-0.4, -0.2) is 45.1 Å². The third kappa shape index (κ3) is 4.85. The van der Waals surface area contributed by atoms with E-state index < -0.39 is 9.84 Å². The molecule has 1 aromatic carbocycles. The van der Waals surface area contributed by atoms with E-state index in [1.807, 2.05) is 0 Å². The minimum atomic E-state index is -2.92. The topological polar surface area (TPSA) is 111 Å². The van der Waals surface area contributed by atoms with E-state index in [-0.39, 0.29) is 49.0 Å². The summed E-state index contributed by atoms with van der Waals surface area (Å²) >= 11 is 0. The first-order valence-corrected chi connectivity index (χ1v) is 9.90. The zero-order valence-corrected chi connectivity index (χ0v) is 14.4. The Labute approximate surface area is 145 Å². The summed E-state index contributed by atoms with van der Waals surface area (Å²) < 4.78 is 33.2. The number of rotatable bonds is 6. The highest BCUT2D eigenvalue weighted by molar-refractivity contribution is 7.91. The van der Waals surface area contributed by atoms with Gasteiger partial charge in [-0.1, -0.05) is 0 Å². The Morgan fingerprint density at radius 1 is 1.16 bits per heavy atom. The van der Waals surface area contributed by atoms with Crippen molar-refractivity contribution in [3.8, 4) is 11.5 Å². The van der Waals surface area contributed by atoms with Crippen LogP contribution in [0.1, 0.15) is 19.3 Å². The van der Waals surface area contributed by atoms with Gasteiger partial charge in [-0.25, -0.2) is 8.42 Å². The Bertz CT molecular complexity index is 777. The Kier molecular flexibility index (Phi) is 5.12. The summed E-state index contributed by atoms with van der Waals surface area (Å²) in [5.74, 6) is 0.981. The van der Waals surface area contributed by atoms with Crippen molar-refractivity contribution in [1.82, 2.24) is 5.32 Å². The van der Waals surface area contributed by atoms with Crippen molar-refractivity contribution in [3.05, 3.63) is 18.2 Å². The summed E-state index contributed by atoms with van der Waals surface area (Å²) in [5.41, 5.74) is 0.555. The zero-order valence-electron chi connectivity index (χ0n) is 13.6. The molecule has 2 aliphatic rings. The highest BCUT2D eigenvalue weighted by atomic mass is 32.2. The molecule has 0 aliphatic carbocycles. The Morgan fingerprint density at radius 3 is 2.72 bits per heavy atom. The molecule has 136 valence electrons. The molecule has 2 aliphatic heterocycles. The maximum atomic E-state index is 11.9. The molecule has 1 unspecified atom stereocenters. The number of hydrogen-bond acceptors (Lipinski definition) is 6. The molecule has 1 aromatic rings. The lowest BCUT2D eigenvalue weighted by molar-refractivity contribution is -0.124. The number of amides is 2. The number of ether oxygens (including phenoxy) is 2. The van der Waals surface area contributed by atoms with E-state index in [9.17, 15) is 18.0 Å². The van der Waals surface area contributed by atoms with Gasteiger partial charge in [0.1, 0.15) is 0 Å². The second kappa shape index (κ2) is 7.30. The van der Waals surface area contributed by atoms with Gasteiger partial charge in [0.25, 0.3) is 0 Å². The van der Waals surface area contributed by atoms with E-state index in [2.05, 4.69) is 10.6 Å². The van der Waals surface area contributed by atoms with Crippen molar-refractivity contribution < 1.29 is 27.5 Å². The highest BCUT2D eigenvalue weighted by Gasteiger charge is 2.27. The third-order valence-corrected chi connectivity index (χ3v) is 6.05. The summed E-state index contributed by atoms with van der Waals surface area (Å²) in [7, 11) is -2.92. The van der Waals surface area contributed by atoms with E-state index in [1.165, 1.54) is 0 Å². The predicted molar refractivity (Wildman–Crippen MR) is 90.2 cm³/mol. The Morgan fingerprint density at radius 2 is 1.96 bits per heavy atom. The molecule has 3 rings (SSSR count). The molecule has 2 heterocycles. The Hall–Kier alpha value is -2.29. The second-order valence-electron chi connectivity index (χ2n) is 6.20. The number of fused-ring (bicyclic) bond motifs is 1. The third-order valence-electron chi connectivity index (χ3n) is 4.21. The van der Waals surface area contributed by atoms with Crippen LogP contribution in [0.3, 0.4) is 0 Å². The highest BCUT2D eigenvalue weighted by Crippen LogP contribution is 2.34. The van der Waals surface area contributed by atoms with E-state index in [0.29, 0.717) is 30.0 Å². The van der Waals surface area contributed by atoms with Crippen molar-refractivity contribution in [2.24, 2.45) is 5.92 Å². The van der Waals surface area contributed by atoms with Crippen molar-refractivity contribution in [2.45, 2.75) is 19.3 Å². The van der Waals surface area contributed by atoms with E-state index in [1.54, 1.807) is 18.2 Å². The summed E-state index contributed by atoms with van der Waals surface area (Å²) in [6.45, 7) is 0.0152. The quantitative estimate of drug-likeness (QED) is 0.764. The molecule has 1 atom stereocenters. The average Bonchev–Trinajstić information content (AvgIpc) is 3.16. The fourth-order valence-corrected chi connectivity index (χ4v) is 4.79. The fourth-order valence-electron chi connectivity index (χ4n) is 2.88. The average molecular weight is 368 g/mol. The molecule has 9 heteroatoms. The molecule has 0 saturated carbocycles. The van der Waals surface area contributed by atoms with Gasteiger partial charge in [-0.15, -0.1) is 0 Å². The lowest BCUT2D eigenvalue weighted by Crippen LogP contribution is -2.33. The molecule has 1 saturated heterocycles. The largest absolute Gasteiger partial charge is 0.454 e. The summed E-state index contributed by atoms with van der Waals surface area (Å²) in [5, 5.41) is 5.21. The van der Waals surface area contributed by atoms with Crippen LogP contribution in [0.2, 0.25) is 0 Å². The van der Waals surface area contributed by atoms with Gasteiger partial charge in [0.05, 0.1) is 18.1 Å². The molecule has 2 amide bonds. The van der Waals surface area contributed by atoms with Crippen molar-refractivity contribution in [2.75, 3.05) is 30.2 Å². The maximum absolute atomic E-state index is 11.9. The molecule has 0 bridgehead atoms. The lowest BCUT2D eigenvalue weighted by Gasteiger charge is -2.09. The van der Waals surface area contributed by atoms with Crippen molar-refractivity contribution >= 4 is 27.3 Å². The first-order chi connectivity index (χ1) is 11.9. The van der Waals surface area contributed by atoms with Gasteiger partial charge in [-0.05, 0) is 30.9 Å². The lowest BCUT2D eigenvalue weighted by atomic mass is 10.0. The minimum Gasteiger partial charge on any atom is -0.454 e. The van der Waals surface area contributed by atoms with Gasteiger partial charge in [0.2, 0.25) is 18.6 Å². The summed E-state index contributed by atoms with van der Waals surface area (Å²) in [6, 6.07) is 5.04. The van der Waals surface area contributed by atoms with Gasteiger partial charge in [0.15, 0.2) is 21.3 Å². The second-order valence-corrected chi connectivity index (χ2v) is 8.43. The van der Waals surface area contributed by atoms with Gasteiger partial charge in [-0.3, -0.25) is 9.59 Å². The first kappa shape index (κ1) is 17.5. The van der Waals surface area contributed by atoms with Crippen LogP contribution >= 0.6 is 0 Å². The minimum absolute atomic E-state index is 0.0400. The number of carbonyl (C=O) groups excluding carboxylic acids is 2. The van der Waals surface area contributed by atoms with E-state index in [0.717, 1.165) is 0 Å². The number of benzene rings is 1. The van der Waals surface area contributed by atoms with Crippen LogP contribution in [0.15, 0.2) is 18.2 Å².